The first-order valence-corrected chi connectivity index (χ1v) is 10.3. The number of hydrogen-bond donors (Lipinski definition) is 2. The second-order valence-corrected chi connectivity index (χ2v) is 7.53. The number of nitrogens with two attached hydrogens (primary N) is 2. The molecular weight excluding hydrogens is 368 g/mol. The van der Waals surface area contributed by atoms with Crippen molar-refractivity contribution in [2.75, 3.05) is 11.7 Å². The Kier molecular flexibility index (Phi) is 6.04. The lowest BCUT2D eigenvalue weighted by Gasteiger charge is -2.06. The van der Waals surface area contributed by atoms with Crippen molar-refractivity contribution in [1.82, 2.24) is 29.7 Å². The van der Waals surface area contributed by atoms with E-state index in [1.54, 1.807) is 32.9 Å². The van der Waals surface area contributed by atoms with E-state index in [4.69, 9.17) is 11.7 Å². The zero-order chi connectivity index (χ0) is 18.5. The summed E-state index contributed by atoms with van der Waals surface area (Å²) in [7, 11) is 0. The molecule has 0 aliphatic rings. The molecule has 0 aliphatic heterocycles. The molecular formula is C16H22N8S2. The van der Waals surface area contributed by atoms with Crippen LogP contribution in [0.4, 0.5) is 0 Å². The predicted molar refractivity (Wildman–Crippen MR) is 105 cm³/mol. The van der Waals surface area contributed by atoms with Crippen LogP contribution < -0.4 is 11.7 Å². The Morgan fingerprint density at radius 3 is 1.65 bits per heavy atom. The van der Waals surface area contributed by atoms with Gasteiger partial charge in [0.2, 0.25) is 10.3 Å². The Balaban J connectivity index is 1.60. The van der Waals surface area contributed by atoms with Crippen LogP contribution in [0.2, 0.25) is 0 Å². The third-order valence-electron chi connectivity index (χ3n) is 3.83. The summed E-state index contributed by atoms with van der Waals surface area (Å²) in [6, 6.07) is 8.43. The van der Waals surface area contributed by atoms with E-state index in [-0.39, 0.29) is 0 Å². The molecule has 0 fully saturated rings. The second-order valence-electron chi connectivity index (χ2n) is 5.64. The van der Waals surface area contributed by atoms with Gasteiger partial charge in [0.15, 0.2) is 11.6 Å². The molecule has 0 saturated heterocycles. The van der Waals surface area contributed by atoms with Gasteiger partial charge in [-0.05, 0) is 11.1 Å². The van der Waals surface area contributed by atoms with Crippen LogP contribution in [0.5, 0.6) is 0 Å². The molecule has 2 heterocycles. The van der Waals surface area contributed by atoms with E-state index in [0.717, 1.165) is 46.3 Å². The van der Waals surface area contributed by atoms with Gasteiger partial charge in [0.25, 0.3) is 0 Å². The molecule has 0 aliphatic carbocycles. The maximum atomic E-state index is 5.99. The molecule has 1 aromatic carbocycles. The predicted octanol–water partition coefficient (Wildman–Crippen LogP) is 2.01. The molecule has 138 valence electrons. The second kappa shape index (κ2) is 8.45. The van der Waals surface area contributed by atoms with Crippen molar-refractivity contribution in [3.63, 3.8) is 0 Å². The highest BCUT2D eigenvalue weighted by atomic mass is 32.2. The van der Waals surface area contributed by atoms with E-state index in [1.165, 1.54) is 11.1 Å². The molecule has 0 radical (unpaired) electrons. The summed E-state index contributed by atoms with van der Waals surface area (Å²) in [6.45, 7) is 4.02. The van der Waals surface area contributed by atoms with Gasteiger partial charge in [-0.2, -0.15) is 0 Å². The first-order chi connectivity index (χ1) is 12.6. The van der Waals surface area contributed by atoms with Crippen molar-refractivity contribution < 1.29 is 0 Å². The number of aryl methyl sites for hydroxylation is 2. The van der Waals surface area contributed by atoms with Crippen LogP contribution in [0.15, 0.2) is 34.6 Å². The normalized spacial score (nSPS) is 11.2. The lowest BCUT2D eigenvalue weighted by Crippen LogP contribution is -2.13. The van der Waals surface area contributed by atoms with Gasteiger partial charge in [0.05, 0.1) is 0 Å². The van der Waals surface area contributed by atoms with Crippen molar-refractivity contribution >= 4 is 23.5 Å². The Hall–Kier alpha value is -2.20. The van der Waals surface area contributed by atoms with Crippen LogP contribution in [0.3, 0.4) is 0 Å². The van der Waals surface area contributed by atoms with Crippen molar-refractivity contribution in [2.24, 2.45) is 0 Å². The minimum absolute atomic E-state index is 0.727. The number of rotatable bonds is 8. The summed E-state index contributed by atoms with van der Waals surface area (Å²) in [5.41, 5.74) is 2.41. The zero-order valence-corrected chi connectivity index (χ0v) is 16.4. The molecule has 10 heteroatoms. The third kappa shape index (κ3) is 4.13. The van der Waals surface area contributed by atoms with Gasteiger partial charge in [0, 0.05) is 24.3 Å². The summed E-state index contributed by atoms with van der Waals surface area (Å²) in [4.78, 5) is 0. The van der Waals surface area contributed by atoms with Crippen LogP contribution in [-0.4, -0.2) is 29.7 Å². The van der Waals surface area contributed by atoms with E-state index in [0.29, 0.717) is 0 Å². The van der Waals surface area contributed by atoms with Crippen LogP contribution in [-0.2, 0) is 24.3 Å². The fraction of sp³-hybridized carbons (Fsp3) is 0.375. The standard InChI is InChI=1S/C16H22N8S2/c1-3-13-19-21-15(23(13)17)25-9-11-6-5-7-12(8-11)10-26-16-22-20-14(4-2)24(16)18/h5-8H,3-4,9-10,17-18H2,1-2H3. The lowest BCUT2D eigenvalue weighted by molar-refractivity contribution is 0.796. The minimum atomic E-state index is 0.727. The first-order valence-electron chi connectivity index (χ1n) is 8.34. The molecule has 0 spiro atoms. The Morgan fingerprint density at radius 2 is 1.27 bits per heavy atom. The zero-order valence-electron chi connectivity index (χ0n) is 14.8. The van der Waals surface area contributed by atoms with E-state index in [2.05, 4.69) is 44.7 Å². The van der Waals surface area contributed by atoms with Crippen molar-refractivity contribution in [3.05, 3.63) is 47.0 Å². The van der Waals surface area contributed by atoms with Gasteiger partial charge < -0.3 is 11.7 Å². The number of benzene rings is 1. The lowest BCUT2D eigenvalue weighted by atomic mass is 10.2. The maximum Gasteiger partial charge on any atom is 0.210 e. The third-order valence-corrected chi connectivity index (χ3v) is 5.86. The average Bonchev–Trinajstić information content (AvgIpc) is 3.20. The minimum Gasteiger partial charge on any atom is -0.336 e. The Bertz CT molecular complexity index is 806. The molecule has 0 atom stereocenters. The SMILES string of the molecule is CCc1nnc(SCc2cccc(CSc3nnc(CC)n3N)c2)n1N. The summed E-state index contributed by atoms with van der Waals surface area (Å²) in [5, 5.41) is 17.9. The number of nitrogens with zero attached hydrogens (tertiary/aromatic N) is 6. The number of nitrogen functional groups attached to an aromatic ring is 2. The largest absolute Gasteiger partial charge is 0.336 e. The van der Waals surface area contributed by atoms with Crippen molar-refractivity contribution in [3.8, 4) is 0 Å². The maximum absolute atomic E-state index is 5.99. The molecule has 2 aromatic heterocycles. The molecule has 0 saturated carbocycles. The van der Waals surface area contributed by atoms with E-state index >= 15 is 0 Å². The molecule has 0 unspecified atom stereocenters. The molecule has 8 nitrogen and oxygen atoms in total. The molecule has 3 aromatic rings. The summed E-state index contributed by atoms with van der Waals surface area (Å²) < 4.78 is 3.12. The molecule has 0 amide bonds. The van der Waals surface area contributed by atoms with Crippen molar-refractivity contribution in [2.45, 2.75) is 48.5 Å². The van der Waals surface area contributed by atoms with Gasteiger partial charge in [-0.3, -0.25) is 0 Å². The number of thioether (sulfide) groups is 2. The van der Waals surface area contributed by atoms with E-state index < -0.39 is 0 Å². The molecule has 4 N–H and O–H groups in total. The van der Waals surface area contributed by atoms with E-state index in [1.807, 2.05) is 13.8 Å². The van der Waals surface area contributed by atoms with Gasteiger partial charge in [-0.25, -0.2) is 9.35 Å². The summed E-state index contributed by atoms with van der Waals surface area (Å²) >= 11 is 3.16. The van der Waals surface area contributed by atoms with Crippen LogP contribution >= 0.6 is 23.5 Å². The quantitative estimate of drug-likeness (QED) is 0.443. The smallest absolute Gasteiger partial charge is 0.210 e. The van der Waals surface area contributed by atoms with Gasteiger partial charge >= 0.3 is 0 Å². The van der Waals surface area contributed by atoms with Gasteiger partial charge in [-0.1, -0.05) is 61.6 Å². The highest BCUT2D eigenvalue weighted by Gasteiger charge is 2.10. The number of aromatic nitrogens is 6. The first kappa shape index (κ1) is 18.6. The van der Waals surface area contributed by atoms with Gasteiger partial charge in [0.1, 0.15) is 0 Å². The highest BCUT2D eigenvalue weighted by Crippen LogP contribution is 2.24. The monoisotopic (exact) mass is 390 g/mol. The number of hydrogen-bond acceptors (Lipinski definition) is 8. The topological polar surface area (TPSA) is 113 Å². The molecule has 3 rings (SSSR count). The fourth-order valence-electron chi connectivity index (χ4n) is 2.40. The van der Waals surface area contributed by atoms with Crippen LogP contribution in [0, 0.1) is 0 Å². The van der Waals surface area contributed by atoms with Crippen LogP contribution in [0.1, 0.15) is 36.6 Å². The van der Waals surface area contributed by atoms with Gasteiger partial charge in [-0.15, -0.1) is 20.4 Å². The molecule has 26 heavy (non-hydrogen) atoms. The fourth-order valence-corrected chi connectivity index (χ4v) is 4.04. The Labute approximate surface area is 160 Å². The summed E-state index contributed by atoms with van der Waals surface area (Å²) in [6.07, 6.45) is 1.53. The summed E-state index contributed by atoms with van der Waals surface area (Å²) in [5.74, 6) is 15.1. The van der Waals surface area contributed by atoms with E-state index in [9.17, 15) is 0 Å². The highest BCUT2D eigenvalue weighted by molar-refractivity contribution is 7.98. The van der Waals surface area contributed by atoms with Crippen LogP contribution in [0.25, 0.3) is 0 Å². The molecule has 0 bridgehead atoms. The van der Waals surface area contributed by atoms with Crippen molar-refractivity contribution in [1.29, 1.82) is 0 Å². The average molecular weight is 391 g/mol. The Morgan fingerprint density at radius 1 is 0.808 bits per heavy atom.